The number of nitrogens with two attached hydrogens (primary N) is 1. The second-order valence-electron chi connectivity index (χ2n) is 4.14. The van der Waals surface area contributed by atoms with Crippen LogP contribution in [0.1, 0.15) is 27.2 Å². The minimum absolute atomic E-state index is 0.104. The summed E-state index contributed by atoms with van der Waals surface area (Å²) in [5, 5.41) is 17.7. The number of carbonyl (C=O) groups excluding carboxylic acids is 1. The van der Waals surface area contributed by atoms with Crippen LogP contribution in [-0.4, -0.2) is 34.6 Å². The summed E-state index contributed by atoms with van der Waals surface area (Å²) < 4.78 is 5.02. The standard InChI is InChI=1S/C9H19NO4/c1-9(2,3)14-8(13)6(4-5-11)7(10)12/h6-7,11-12H,4-5,10H2,1-3H3/t6?,7-/m1/s1. The molecule has 0 fully saturated rings. The molecule has 84 valence electrons. The number of esters is 1. The maximum atomic E-state index is 11.4. The second kappa shape index (κ2) is 5.29. The van der Waals surface area contributed by atoms with Crippen LogP contribution in [0.4, 0.5) is 0 Å². The first kappa shape index (κ1) is 13.4. The van der Waals surface area contributed by atoms with Gasteiger partial charge in [-0.3, -0.25) is 4.79 Å². The molecule has 0 rings (SSSR count). The average Bonchev–Trinajstić information content (AvgIpc) is 1.95. The first-order valence-corrected chi connectivity index (χ1v) is 4.55. The van der Waals surface area contributed by atoms with Crippen molar-refractivity contribution in [1.29, 1.82) is 0 Å². The van der Waals surface area contributed by atoms with E-state index in [1.165, 1.54) is 0 Å². The van der Waals surface area contributed by atoms with Crippen molar-refractivity contribution < 1.29 is 19.7 Å². The summed E-state index contributed by atoms with van der Waals surface area (Å²) in [7, 11) is 0. The van der Waals surface area contributed by atoms with E-state index in [-0.39, 0.29) is 13.0 Å². The number of hydrogen-bond donors (Lipinski definition) is 3. The number of carbonyl (C=O) groups is 1. The van der Waals surface area contributed by atoms with Gasteiger partial charge >= 0.3 is 5.97 Å². The van der Waals surface area contributed by atoms with Crippen molar-refractivity contribution in [2.24, 2.45) is 11.7 Å². The van der Waals surface area contributed by atoms with Crippen LogP contribution >= 0.6 is 0 Å². The van der Waals surface area contributed by atoms with Crippen LogP contribution in [0.25, 0.3) is 0 Å². The average molecular weight is 205 g/mol. The molecular weight excluding hydrogens is 186 g/mol. The highest BCUT2D eigenvalue weighted by atomic mass is 16.6. The lowest BCUT2D eigenvalue weighted by Gasteiger charge is -2.24. The van der Waals surface area contributed by atoms with E-state index in [4.69, 9.17) is 20.7 Å². The molecule has 0 saturated carbocycles. The van der Waals surface area contributed by atoms with Crippen LogP contribution in [-0.2, 0) is 9.53 Å². The van der Waals surface area contributed by atoms with Gasteiger partial charge in [-0.15, -0.1) is 0 Å². The molecule has 0 bridgehead atoms. The molecule has 0 saturated heterocycles. The highest BCUT2D eigenvalue weighted by molar-refractivity contribution is 5.73. The molecule has 0 aromatic rings. The summed E-state index contributed by atoms with van der Waals surface area (Å²) in [6.45, 7) is 4.97. The van der Waals surface area contributed by atoms with Crippen LogP contribution in [0.2, 0.25) is 0 Å². The van der Waals surface area contributed by atoms with Crippen molar-refractivity contribution in [3.63, 3.8) is 0 Å². The Morgan fingerprint density at radius 2 is 2.00 bits per heavy atom. The summed E-state index contributed by atoms with van der Waals surface area (Å²) in [5.41, 5.74) is 4.57. The minimum atomic E-state index is -1.29. The van der Waals surface area contributed by atoms with E-state index >= 15 is 0 Å². The van der Waals surface area contributed by atoms with Crippen LogP contribution < -0.4 is 5.73 Å². The number of rotatable bonds is 4. The lowest BCUT2D eigenvalue weighted by atomic mass is 10.0. The molecular formula is C9H19NO4. The number of aliphatic hydroxyl groups excluding tert-OH is 2. The maximum absolute atomic E-state index is 11.4. The molecule has 4 N–H and O–H groups in total. The third kappa shape index (κ3) is 5.16. The van der Waals surface area contributed by atoms with E-state index in [2.05, 4.69) is 0 Å². The summed E-state index contributed by atoms with van der Waals surface area (Å²) in [6, 6.07) is 0. The zero-order valence-corrected chi connectivity index (χ0v) is 8.86. The summed E-state index contributed by atoms with van der Waals surface area (Å²) in [5.74, 6) is -1.44. The molecule has 0 spiro atoms. The van der Waals surface area contributed by atoms with Crippen molar-refractivity contribution in [1.82, 2.24) is 0 Å². The topological polar surface area (TPSA) is 92.8 Å². The monoisotopic (exact) mass is 205 g/mol. The molecule has 0 aromatic carbocycles. The van der Waals surface area contributed by atoms with E-state index in [0.29, 0.717) is 0 Å². The quantitative estimate of drug-likeness (QED) is 0.429. The van der Waals surface area contributed by atoms with Crippen molar-refractivity contribution in [2.75, 3.05) is 6.61 Å². The van der Waals surface area contributed by atoms with Crippen LogP contribution in [0.3, 0.4) is 0 Å². The third-order valence-electron chi connectivity index (χ3n) is 1.56. The van der Waals surface area contributed by atoms with Crippen molar-refractivity contribution in [3.05, 3.63) is 0 Å². The Bertz CT molecular complexity index is 186. The SMILES string of the molecule is CC(C)(C)OC(=O)C(CCO)[C@H](N)O. The first-order valence-electron chi connectivity index (χ1n) is 4.55. The largest absolute Gasteiger partial charge is 0.460 e. The van der Waals surface area contributed by atoms with E-state index < -0.39 is 23.7 Å². The fraction of sp³-hybridized carbons (Fsp3) is 0.889. The number of aliphatic hydroxyl groups is 2. The Kier molecular flexibility index (Phi) is 5.04. The summed E-state index contributed by atoms with van der Waals surface area (Å²) in [4.78, 5) is 11.4. The van der Waals surface area contributed by atoms with Crippen molar-refractivity contribution >= 4 is 5.97 Å². The lowest BCUT2D eigenvalue weighted by Crippen LogP contribution is -2.39. The summed E-state index contributed by atoms with van der Waals surface area (Å²) >= 11 is 0. The molecule has 0 aromatic heterocycles. The molecule has 1 unspecified atom stereocenters. The Balaban J connectivity index is 4.30. The molecule has 14 heavy (non-hydrogen) atoms. The van der Waals surface area contributed by atoms with Crippen molar-refractivity contribution in [3.8, 4) is 0 Å². The maximum Gasteiger partial charge on any atom is 0.313 e. The first-order chi connectivity index (χ1) is 6.28. The number of ether oxygens (including phenoxy) is 1. The molecule has 5 heteroatoms. The predicted octanol–water partition coefficient (Wildman–Crippen LogP) is -0.396. The molecule has 0 amide bonds. The fourth-order valence-electron chi connectivity index (χ4n) is 0.945. The lowest BCUT2D eigenvalue weighted by molar-refractivity contribution is -0.164. The predicted molar refractivity (Wildman–Crippen MR) is 51.2 cm³/mol. The van der Waals surface area contributed by atoms with Gasteiger partial charge in [-0.1, -0.05) is 0 Å². The molecule has 2 atom stereocenters. The van der Waals surface area contributed by atoms with Gasteiger partial charge in [-0.25, -0.2) is 0 Å². The van der Waals surface area contributed by atoms with Gasteiger partial charge in [0, 0.05) is 6.61 Å². The van der Waals surface area contributed by atoms with E-state index in [9.17, 15) is 4.79 Å². The third-order valence-corrected chi connectivity index (χ3v) is 1.56. The van der Waals surface area contributed by atoms with Gasteiger partial charge in [0.1, 0.15) is 11.8 Å². The summed E-state index contributed by atoms with van der Waals surface area (Å²) in [6.07, 6.45) is -1.19. The Labute approximate surface area is 83.9 Å². The second-order valence-corrected chi connectivity index (χ2v) is 4.14. The highest BCUT2D eigenvalue weighted by Crippen LogP contribution is 2.14. The zero-order chi connectivity index (χ0) is 11.4. The van der Waals surface area contributed by atoms with Crippen LogP contribution in [0, 0.1) is 5.92 Å². The van der Waals surface area contributed by atoms with Gasteiger partial charge in [-0.2, -0.15) is 0 Å². The van der Waals surface area contributed by atoms with Gasteiger partial charge in [0.05, 0.1) is 5.92 Å². The molecule has 0 aliphatic rings. The Morgan fingerprint density at radius 3 is 2.29 bits per heavy atom. The Hall–Kier alpha value is -0.650. The minimum Gasteiger partial charge on any atom is -0.460 e. The van der Waals surface area contributed by atoms with Gasteiger partial charge in [0.15, 0.2) is 0 Å². The van der Waals surface area contributed by atoms with Gasteiger partial charge in [-0.05, 0) is 27.2 Å². The van der Waals surface area contributed by atoms with E-state index in [0.717, 1.165) is 0 Å². The fourth-order valence-corrected chi connectivity index (χ4v) is 0.945. The van der Waals surface area contributed by atoms with Crippen molar-refractivity contribution in [2.45, 2.75) is 39.0 Å². The smallest absolute Gasteiger partial charge is 0.313 e. The van der Waals surface area contributed by atoms with Gasteiger partial charge in [0.25, 0.3) is 0 Å². The van der Waals surface area contributed by atoms with E-state index in [1.54, 1.807) is 20.8 Å². The highest BCUT2D eigenvalue weighted by Gasteiger charge is 2.28. The molecule has 0 heterocycles. The molecule has 0 aliphatic heterocycles. The van der Waals surface area contributed by atoms with Crippen LogP contribution in [0.15, 0.2) is 0 Å². The van der Waals surface area contributed by atoms with E-state index in [1.807, 2.05) is 0 Å². The van der Waals surface area contributed by atoms with Gasteiger partial charge in [0.2, 0.25) is 0 Å². The molecule has 5 nitrogen and oxygen atoms in total. The van der Waals surface area contributed by atoms with Gasteiger partial charge < -0.3 is 20.7 Å². The molecule has 0 aliphatic carbocycles. The Morgan fingerprint density at radius 1 is 1.50 bits per heavy atom. The zero-order valence-electron chi connectivity index (χ0n) is 8.86. The molecule has 0 radical (unpaired) electrons. The van der Waals surface area contributed by atoms with Crippen LogP contribution in [0.5, 0.6) is 0 Å². The number of hydrogen-bond acceptors (Lipinski definition) is 5. The normalized spacial score (nSPS) is 16.1.